The van der Waals surface area contributed by atoms with Crippen molar-refractivity contribution in [2.45, 2.75) is 19.0 Å². The van der Waals surface area contributed by atoms with Crippen molar-refractivity contribution in [3.05, 3.63) is 10.5 Å². The van der Waals surface area contributed by atoms with Crippen LogP contribution in [0, 0.1) is 0 Å². The summed E-state index contributed by atoms with van der Waals surface area (Å²) in [5.41, 5.74) is -0.255. The first-order valence-electron chi connectivity index (χ1n) is 3.01. The van der Waals surface area contributed by atoms with Gasteiger partial charge in [0.1, 0.15) is 0 Å². The van der Waals surface area contributed by atoms with E-state index < -0.39 is 0 Å². The van der Waals surface area contributed by atoms with E-state index in [-0.39, 0.29) is 5.69 Å². The molecule has 0 atom stereocenters. The third kappa shape index (κ3) is 2.72. The fourth-order valence-corrected chi connectivity index (χ4v) is 0.683. The van der Waals surface area contributed by atoms with E-state index in [1.165, 1.54) is 11.8 Å². The Hall–Kier alpha value is -0.710. The van der Waals surface area contributed by atoms with E-state index in [9.17, 15) is 4.79 Å². The fraction of sp³-hybridized carbons (Fsp3) is 0.600. The zero-order valence-corrected chi connectivity index (χ0v) is 7.08. The van der Waals surface area contributed by atoms with E-state index in [1.54, 1.807) is 0 Å². The molecule has 1 aromatic heterocycles. The summed E-state index contributed by atoms with van der Waals surface area (Å²) in [6.45, 7) is 4.00. The van der Waals surface area contributed by atoms with Gasteiger partial charge in [-0.05, 0) is 6.26 Å². The molecule has 5 heteroatoms. The molecule has 58 valence electrons. The number of aromatic nitrogens is 3. The van der Waals surface area contributed by atoms with Crippen LogP contribution in [0.1, 0.15) is 13.8 Å². The lowest BCUT2D eigenvalue weighted by Gasteiger charge is -1.76. The fourth-order valence-electron chi connectivity index (χ4n) is 0.351. The molecule has 0 unspecified atom stereocenters. The van der Waals surface area contributed by atoms with E-state index in [2.05, 4.69) is 15.2 Å². The van der Waals surface area contributed by atoms with Crippen LogP contribution in [0.15, 0.2) is 9.95 Å². The number of hydrogen-bond donors (Lipinski definition) is 2. The van der Waals surface area contributed by atoms with Gasteiger partial charge in [-0.25, -0.2) is 9.89 Å². The van der Waals surface area contributed by atoms with Crippen molar-refractivity contribution in [3.63, 3.8) is 0 Å². The van der Waals surface area contributed by atoms with E-state index in [4.69, 9.17) is 0 Å². The minimum absolute atomic E-state index is 0.255. The van der Waals surface area contributed by atoms with Crippen molar-refractivity contribution < 1.29 is 0 Å². The minimum atomic E-state index is -0.255. The smallest absolute Gasteiger partial charge is 0.284 e. The lowest BCUT2D eigenvalue weighted by Crippen LogP contribution is -2.00. The molecule has 1 aromatic rings. The molecule has 0 aliphatic carbocycles. The summed E-state index contributed by atoms with van der Waals surface area (Å²) in [5.74, 6) is 0. The van der Waals surface area contributed by atoms with Gasteiger partial charge in [0.2, 0.25) is 0 Å². The Morgan fingerprint density at radius 3 is 2.30 bits per heavy atom. The van der Waals surface area contributed by atoms with E-state index in [0.29, 0.717) is 5.16 Å². The molecular formula is C5H11N3OS. The van der Waals surface area contributed by atoms with Gasteiger partial charge < -0.3 is 0 Å². The van der Waals surface area contributed by atoms with Gasteiger partial charge in [-0.1, -0.05) is 25.6 Å². The SMILES string of the molecule is CC.CSc1n[nH]c(=O)[nH]1. The molecule has 0 aliphatic rings. The number of nitrogens with one attached hydrogen (secondary N) is 2. The highest BCUT2D eigenvalue weighted by atomic mass is 32.2. The topological polar surface area (TPSA) is 61.5 Å². The molecule has 0 fully saturated rings. The van der Waals surface area contributed by atoms with Gasteiger partial charge in [0.15, 0.2) is 5.16 Å². The van der Waals surface area contributed by atoms with Crippen LogP contribution >= 0.6 is 11.8 Å². The second-order valence-corrected chi connectivity index (χ2v) is 1.98. The van der Waals surface area contributed by atoms with E-state index in [0.717, 1.165) is 0 Å². The second-order valence-electron chi connectivity index (χ2n) is 1.19. The predicted octanol–water partition coefficient (Wildman–Crippen LogP) is 0.846. The van der Waals surface area contributed by atoms with Crippen LogP contribution in [0.5, 0.6) is 0 Å². The Bertz CT molecular complexity index is 217. The first-order chi connectivity index (χ1) is 4.83. The Balaban J connectivity index is 0.000000371. The van der Waals surface area contributed by atoms with E-state index in [1.807, 2.05) is 20.1 Å². The maximum absolute atomic E-state index is 10.3. The molecule has 1 rings (SSSR count). The van der Waals surface area contributed by atoms with Crippen molar-refractivity contribution in [3.8, 4) is 0 Å². The summed E-state index contributed by atoms with van der Waals surface area (Å²) in [4.78, 5) is 12.7. The van der Waals surface area contributed by atoms with Crippen LogP contribution in [0.3, 0.4) is 0 Å². The highest BCUT2D eigenvalue weighted by Crippen LogP contribution is 2.00. The van der Waals surface area contributed by atoms with E-state index >= 15 is 0 Å². The molecule has 0 amide bonds. The van der Waals surface area contributed by atoms with Gasteiger partial charge in [0.05, 0.1) is 0 Å². The maximum Gasteiger partial charge on any atom is 0.341 e. The molecule has 2 N–H and O–H groups in total. The standard InChI is InChI=1S/C3H5N3OS.C2H6/c1-8-3-4-2(7)5-6-3;1-2/h1H3,(H2,4,5,6,7);1-2H3. The van der Waals surface area contributed by atoms with Crippen LogP contribution in [-0.2, 0) is 0 Å². The van der Waals surface area contributed by atoms with Gasteiger partial charge in [0, 0.05) is 0 Å². The Morgan fingerprint density at radius 2 is 2.10 bits per heavy atom. The molecule has 4 nitrogen and oxygen atoms in total. The van der Waals surface area contributed by atoms with Gasteiger partial charge in [-0.3, -0.25) is 4.98 Å². The molecule has 10 heavy (non-hydrogen) atoms. The summed E-state index contributed by atoms with van der Waals surface area (Å²) in [5, 5.41) is 6.46. The van der Waals surface area contributed by atoms with Crippen molar-refractivity contribution in [1.29, 1.82) is 0 Å². The van der Waals surface area contributed by atoms with Crippen LogP contribution in [0.4, 0.5) is 0 Å². The number of nitrogens with zero attached hydrogens (tertiary/aromatic N) is 1. The van der Waals surface area contributed by atoms with Crippen LogP contribution in [-0.4, -0.2) is 21.4 Å². The zero-order valence-electron chi connectivity index (χ0n) is 6.26. The van der Waals surface area contributed by atoms with Gasteiger partial charge >= 0.3 is 5.69 Å². The van der Waals surface area contributed by atoms with Crippen LogP contribution in [0.25, 0.3) is 0 Å². The lowest BCUT2D eigenvalue weighted by atomic mass is 11.0. The molecular weight excluding hydrogens is 150 g/mol. The summed E-state index contributed by atoms with van der Waals surface area (Å²) in [6.07, 6.45) is 1.84. The van der Waals surface area contributed by atoms with Crippen molar-refractivity contribution >= 4 is 11.8 Å². The largest absolute Gasteiger partial charge is 0.341 e. The Labute approximate surface area is 63.4 Å². The monoisotopic (exact) mass is 161 g/mol. The first kappa shape index (κ1) is 9.29. The number of thioether (sulfide) groups is 1. The molecule has 0 spiro atoms. The molecule has 0 saturated carbocycles. The normalized spacial score (nSPS) is 8.30. The number of aromatic amines is 2. The van der Waals surface area contributed by atoms with Gasteiger partial charge in [-0.2, -0.15) is 0 Å². The quantitative estimate of drug-likeness (QED) is 0.600. The predicted molar refractivity (Wildman–Crippen MR) is 42.3 cm³/mol. The molecule has 1 heterocycles. The first-order valence-corrected chi connectivity index (χ1v) is 4.24. The summed E-state index contributed by atoms with van der Waals surface area (Å²) in [7, 11) is 0. The summed E-state index contributed by atoms with van der Waals surface area (Å²) >= 11 is 1.39. The average molecular weight is 161 g/mol. The molecule has 0 saturated heterocycles. The number of H-pyrrole nitrogens is 2. The van der Waals surface area contributed by atoms with Gasteiger partial charge in [0.25, 0.3) is 0 Å². The Kier molecular flexibility index (Phi) is 4.74. The molecule has 0 radical (unpaired) electrons. The molecule has 0 aliphatic heterocycles. The summed E-state index contributed by atoms with van der Waals surface area (Å²) < 4.78 is 0. The maximum atomic E-state index is 10.3. The number of hydrogen-bond acceptors (Lipinski definition) is 3. The van der Waals surface area contributed by atoms with Gasteiger partial charge in [-0.15, -0.1) is 5.10 Å². The van der Waals surface area contributed by atoms with Crippen LogP contribution in [0.2, 0.25) is 0 Å². The third-order valence-corrected chi connectivity index (χ3v) is 1.25. The zero-order chi connectivity index (χ0) is 7.98. The van der Waals surface area contributed by atoms with Crippen molar-refractivity contribution in [2.24, 2.45) is 0 Å². The second kappa shape index (κ2) is 5.10. The summed E-state index contributed by atoms with van der Waals surface area (Å²) in [6, 6.07) is 0. The highest BCUT2D eigenvalue weighted by Gasteiger charge is 1.90. The van der Waals surface area contributed by atoms with Crippen molar-refractivity contribution in [2.75, 3.05) is 6.26 Å². The minimum Gasteiger partial charge on any atom is -0.284 e. The third-order valence-electron chi connectivity index (χ3n) is 0.673. The number of rotatable bonds is 1. The highest BCUT2D eigenvalue weighted by molar-refractivity contribution is 7.98. The van der Waals surface area contributed by atoms with Crippen LogP contribution < -0.4 is 5.69 Å². The van der Waals surface area contributed by atoms with Crippen molar-refractivity contribution in [1.82, 2.24) is 15.2 Å². The molecule has 0 aromatic carbocycles. The lowest BCUT2D eigenvalue weighted by molar-refractivity contribution is 0.973. The molecule has 0 bridgehead atoms. The Morgan fingerprint density at radius 1 is 1.50 bits per heavy atom. The average Bonchev–Trinajstić information content (AvgIpc) is 2.40.